The molecule has 0 unspecified atom stereocenters. The van der Waals surface area contributed by atoms with Crippen LogP contribution >= 0.6 is 11.6 Å². The van der Waals surface area contributed by atoms with Gasteiger partial charge in [0.15, 0.2) is 0 Å². The van der Waals surface area contributed by atoms with E-state index in [1.165, 1.54) is 6.20 Å². The van der Waals surface area contributed by atoms with Crippen molar-refractivity contribution in [1.82, 2.24) is 20.2 Å². The lowest BCUT2D eigenvalue weighted by Gasteiger charge is -2.32. The standard InChI is InChI=1S/C19H28ClN5O5S/c20-17-16(10-21-23-18(17)26)25-9-8-14(11-25)30-19(27)22-12-4-6-13(7-5-12)24-31(28,29)15-2-1-3-15/h10,12-15,24H,1-9,11H2,(H,22,27)(H,23,26)/t12-,13-,14-/m1/s1. The Hall–Kier alpha value is -1.85. The van der Waals surface area contributed by atoms with E-state index in [2.05, 4.69) is 20.2 Å². The Kier molecular flexibility index (Phi) is 6.73. The molecule has 1 saturated heterocycles. The zero-order valence-electron chi connectivity index (χ0n) is 17.2. The molecule has 1 aromatic rings. The molecule has 172 valence electrons. The number of carbonyl (C=O) groups excluding carboxylic acids is 1. The van der Waals surface area contributed by atoms with Crippen LogP contribution in [0.1, 0.15) is 51.4 Å². The van der Waals surface area contributed by atoms with Crippen LogP contribution in [-0.4, -0.2) is 61.2 Å². The molecule has 12 heteroatoms. The predicted molar refractivity (Wildman–Crippen MR) is 116 cm³/mol. The molecule has 4 rings (SSSR count). The number of amides is 1. The third-order valence-corrected chi connectivity index (χ3v) is 8.78. The van der Waals surface area contributed by atoms with E-state index >= 15 is 0 Å². The van der Waals surface area contributed by atoms with Gasteiger partial charge in [0.25, 0.3) is 5.56 Å². The van der Waals surface area contributed by atoms with Gasteiger partial charge in [-0.2, -0.15) is 5.10 Å². The summed E-state index contributed by atoms with van der Waals surface area (Å²) in [6.07, 6.45) is 6.63. The number of sulfonamides is 1. The number of ether oxygens (including phenoxy) is 1. The Morgan fingerprint density at radius 2 is 1.87 bits per heavy atom. The average molecular weight is 474 g/mol. The number of aromatic amines is 1. The zero-order valence-corrected chi connectivity index (χ0v) is 18.8. The zero-order chi connectivity index (χ0) is 22.0. The summed E-state index contributed by atoms with van der Waals surface area (Å²) < 4.78 is 32.9. The van der Waals surface area contributed by atoms with E-state index in [1.807, 2.05) is 4.90 Å². The van der Waals surface area contributed by atoms with Crippen molar-refractivity contribution in [2.24, 2.45) is 0 Å². The van der Waals surface area contributed by atoms with Crippen LogP contribution in [0.25, 0.3) is 0 Å². The van der Waals surface area contributed by atoms with Crippen molar-refractivity contribution in [2.45, 2.75) is 74.8 Å². The van der Waals surface area contributed by atoms with Gasteiger partial charge in [0.2, 0.25) is 10.0 Å². The van der Waals surface area contributed by atoms with Gasteiger partial charge in [-0.1, -0.05) is 18.0 Å². The fourth-order valence-corrected chi connectivity index (χ4v) is 6.41. The second-order valence-corrected chi connectivity index (χ2v) is 10.9. The van der Waals surface area contributed by atoms with Crippen LogP contribution < -0.4 is 20.5 Å². The third kappa shape index (κ3) is 5.32. The average Bonchev–Trinajstić information content (AvgIpc) is 3.11. The largest absolute Gasteiger partial charge is 0.444 e. The first-order chi connectivity index (χ1) is 14.8. The van der Waals surface area contributed by atoms with Crippen molar-refractivity contribution in [3.05, 3.63) is 21.6 Å². The highest BCUT2D eigenvalue weighted by Gasteiger charge is 2.34. The van der Waals surface area contributed by atoms with E-state index in [1.54, 1.807) is 0 Å². The summed E-state index contributed by atoms with van der Waals surface area (Å²) in [4.78, 5) is 25.8. The van der Waals surface area contributed by atoms with Crippen LogP contribution in [0.2, 0.25) is 5.02 Å². The van der Waals surface area contributed by atoms with Gasteiger partial charge in [0.05, 0.1) is 23.7 Å². The lowest BCUT2D eigenvalue weighted by molar-refractivity contribution is 0.102. The van der Waals surface area contributed by atoms with Gasteiger partial charge in [-0.15, -0.1) is 0 Å². The van der Waals surface area contributed by atoms with Gasteiger partial charge in [-0.3, -0.25) is 4.79 Å². The van der Waals surface area contributed by atoms with Crippen LogP contribution in [0.5, 0.6) is 0 Å². The first kappa shape index (κ1) is 22.3. The molecular weight excluding hydrogens is 446 g/mol. The van der Waals surface area contributed by atoms with Gasteiger partial charge < -0.3 is 15.0 Å². The molecule has 3 fully saturated rings. The molecule has 1 aliphatic heterocycles. The smallest absolute Gasteiger partial charge is 0.407 e. The number of carbonyl (C=O) groups is 1. The molecule has 3 aliphatic rings. The molecule has 3 N–H and O–H groups in total. The Balaban J connectivity index is 1.20. The highest BCUT2D eigenvalue weighted by Crippen LogP contribution is 2.28. The van der Waals surface area contributed by atoms with Crippen molar-refractivity contribution in [3.8, 4) is 0 Å². The third-order valence-electron chi connectivity index (χ3n) is 6.41. The quantitative estimate of drug-likeness (QED) is 0.570. The van der Waals surface area contributed by atoms with E-state index < -0.39 is 21.7 Å². The van der Waals surface area contributed by atoms with E-state index in [9.17, 15) is 18.0 Å². The molecule has 2 heterocycles. The summed E-state index contributed by atoms with van der Waals surface area (Å²) >= 11 is 6.05. The van der Waals surface area contributed by atoms with Crippen LogP contribution in [0.3, 0.4) is 0 Å². The molecule has 0 spiro atoms. The van der Waals surface area contributed by atoms with Gasteiger partial charge in [0.1, 0.15) is 11.1 Å². The molecular formula is C19H28ClN5O5S. The predicted octanol–water partition coefficient (Wildman–Crippen LogP) is 1.51. The topological polar surface area (TPSA) is 133 Å². The van der Waals surface area contributed by atoms with Crippen LogP contribution in [-0.2, 0) is 14.8 Å². The van der Waals surface area contributed by atoms with Crippen molar-refractivity contribution >= 4 is 33.4 Å². The maximum Gasteiger partial charge on any atom is 0.407 e. The highest BCUT2D eigenvalue weighted by atomic mass is 35.5. The number of hydrogen-bond donors (Lipinski definition) is 3. The van der Waals surface area contributed by atoms with Crippen molar-refractivity contribution in [2.75, 3.05) is 18.0 Å². The first-order valence-electron chi connectivity index (χ1n) is 10.8. The molecule has 10 nitrogen and oxygen atoms in total. The number of halogens is 1. The molecule has 31 heavy (non-hydrogen) atoms. The fourth-order valence-electron chi connectivity index (χ4n) is 4.36. The lowest BCUT2D eigenvalue weighted by atomic mass is 9.92. The van der Waals surface area contributed by atoms with Crippen molar-refractivity contribution in [1.29, 1.82) is 0 Å². The van der Waals surface area contributed by atoms with Crippen LogP contribution in [0.4, 0.5) is 10.5 Å². The highest BCUT2D eigenvalue weighted by molar-refractivity contribution is 7.90. The van der Waals surface area contributed by atoms with Crippen LogP contribution in [0, 0.1) is 0 Å². The summed E-state index contributed by atoms with van der Waals surface area (Å²) in [5, 5.41) is 8.79. The van der Waals surface area contributed by atoms with E-state index in [4.69, 9.17) is 16.3 Å². The maximum atomic E-state index is 12.3. The number of aromatic nitrogens is 2. The van der Waals surface area contributed by atoms with Crippen LogP contribution in [0.15, 0.2) is 11.0 Å². The minimum Gasteiger partial charge on any atom is -0.444 e. The normalized spacial score (nSPS) is 27.0. The Labute approximate surface area is 186 Å². The minimum absolute atomic E-state index is 0.0270. The van der Waals surface area contributed by atoms with Gasteiger partial charge in [-0.05, 0) is 38.5 Å². The van der Waals surface area contributed by atoms with E-state index in [0.29, 0.717) is 50.9 Å². The molecule has 0 bridgehead atoms. The van der Waals surface area contributed by atoms with E-state index in [-0.39, 0.29) is 28.5 Å². The molecule has 0 aromatic carbocycles. The maximum absolute atomic E-state index is 12.3. The second kappa shape index (κ2) is 9.33. The summed E-state index contributed by atoms with van der Waals surface area (Å²) in [7, 11) is -3.22. The monoisotopic (exact) mass is 473 g/mol. The summed E-state index contributed by atoms with van der Waals surface area (Å²) in [5.74, 6) is 0. The number of H-pyrrole nitrogens is 1. The number of nitrogens with one attached hydrogen (secondary N) is 3. The number of hydrogen-bond acceptors (Lipinski definition) is 7. The van der Waals surface area contributed by atoms with Crippen molar-refractivity contribution in [3.63, 3.8) is 0 Å². The molecule has 1 atom stereocenters. The fraction of sp³-hybridized carbons (Fsp3) is 0.737. The molecule has 0 radical (unpaired) electrons. The van der Waals surface area contributed by atoms with E-state index in [0.717, 1.165) is 19.3 Å². The summed E-state index contributed by atoms with van der Waals surface area (Å²) in [6, 6.07) is -0.0868. The summed E-state index contributed by atoms with van der Waals surface area (Å²) in [5.41, 5.74) is 0.0754. The first-order valence-corrected chi connectivity index (χ1v) is 12.7. The number of rotatable bonds is 6. The Morgan fingerprint density at radius 1 is 1.16 bits per heavy atom. The Morgan fingerprint density at radius 3 is 2.55 bits per heavy atom. The molecule has 2 aliphatic carbocycles. The molecule has 2 saturated carbocycles. The minimum atomic E-state index is -3.22. The summed E-state index contributed by atoms with van der Waals surface area (Å²) in [6.45, 7) is 1.04. The number of anilines is 1. The van der Waals surface area contributed by atoms with Gasteiger partial charge >= 0.3 is 6.09 Å². The lowest BCUT2D eigenvalue weighted by Crippen LogP contribution is -2.47. The number of alkyl carbamates (subject to hydrolysis) is 1. The molecule has 1 aromatic heterocycles. The van der Waals surface area contributed by atoms with Crippen molar-refractivity contribution < 1.29 is 17.9 Å². The second-order valence-electron chi connectivity index (χ2n) is 8.57. The van der Waals surface area contributed by atoms with Gasteiger partial charge in [-0.25, -0.2) is 23.0 Å². The Bertz CT molecular complexity index is 959. The SMILES string of the molecule is O=C(N[C@H]1CC[C@H](NS(=O)(=O)C2CCC2)CC1)O[C@@H]1CCN(c2cn[nH]c(=O)c2Cl)C1. The van der Waals surface area contributed by atoms with Gasteiger partial charge in [0, 0.05) is 25.0 Å². The number of nitrogens with zero attached hydrogens (tertiary/aromatic N) is 2. The molecule has 1 amide bonds.